The molecule has 130 valence electrons. The number of carbonyl (C=O) groups excluding carboxylic acids is 1. The van der Waals surface area contributed by atoms with Crippen molar-refractivity contribution in [1.82, 2.24) is 10.1 Å². The Morgan fingerprint density at radius 2 is 1.92 bits per heavy atom. The van der Waals surface area contributed by atoms with E-state index in [9.17, 15) is 4.79 Å². The summed E-state index contributed by atoms with van der Waals surface area (Å²) in [6.07, 6.45) is 1.99. The molecule has 0 fully saturated rings. The molecule has 25 heavy (non-hydrogen) atoms. The van der Waals surface area contributed by atoms with Crippen LogP contribution in [-0.4, -0.2) is 16.0 Å². The molecular formula is C19H21N3O3. The number of aryl methyl sites for hydroxylation is 2. The summed E-state index contributed by atoms with van der Waals surface area (Å²) in [7, 11) is 0. The smallest absolute Gasteiger partial charge is 0.228 e. The summed E-state index contributed by atoms with van der Waals surface area (Å²) in [5.41, 5.74) is 3.16. The Morgan fingerprint density at radius 1 is 1.20 bits per heavy atom. The predicted octanol–water partition coefficient (Wildman–Crippen LogP) is 4.25. The van der Waals surface area contributed by atoms with E-state index in [1.807, 2.05) is 31.2 Å². The normalized spacial score (nSPS) is 11.1. The van der Waals surface area contributed by atoms with Crippen molar-refractivity contribution in [1.29, 1.82) is 0 Å². The number of oxazole rings is 1. The van der Waals surface area contributed by atoms with Gasteiger partial charge in [-0.15, -0.1) is 0 Å². The van der Waals surface area contributed by atoms with Gasteiger partial charge in [0.25, 0.3) is 0 Å². The highest BCUT2D eigenvalue weighted by Crippen LogP contribution is 2.24. The molecule has 0 bridgehead atoms. The summed E-state index contributed by atoms with van der Waals surface area (Å²) in [5, 5.41) is 6.74. The van der Waals surface area contributed by atoms with Crippen LogP contribution in [-0.2, 0) is 11.2 Å². The molecule has 0 radical (unpaired) electrons. The fraction of sp³-hybridized carbons (Fsp3) is 0.316. The van der Waals surface area contributed by atoms with Gasteiger partial charge in [-0.1, -0.05) is 19.0 Å². The van der Waals surface area contributed by atoms with Crippen molar-refractivity contribution in [2.75, 3.05) is 5.32 Å². The average Bonchev–Trinajstić information content (AvgIpc) is 3.18. The van der Waals surface area contributed by atoms with Gasteiger partial charge < -0.3 is 14.3 Å². The van der Waals surface area contributed by atoms with Crippen LogP contribution in [0.15, 0.2) is 39.4 Å². The molecule has 0 aliphatic rings. The first kappa shape index (κ1) is 17.0. The molecule has 3 aromatic rings. The van der Waals surface area contributed by atoms with Crippen molar-refractivity contribution in [2.45, 2.75) is 40.0 Å². The topological polar surface area (TPSA) is 81.2 Å². The minimum Gasteiger partial charge on any atom is -0.441 e. The number of hydrogen-bond donors (Lipinski definition) is 1. The van der Waals surface area contributed by atoms with Gasteiger partial charge in [0.15, 0.2) is 0 Å². The van der Waals surface area contributed by atoms with Gasteiger partial charge in [0.1, 0.15) is 11.5 Å². The SMILES string of the molecule is Cc1noc(C)c1CC(=O)Nc1ccc(-c2ncc(C(C)C)o2)cc1. The lowest BCUT2D eigenvalue weighted by atomic mass is 10.1. The Bertz CT molecular complexity index is 856. The molecule has 1 N–H and O–H groups in total. The number of aromatic nitrogens is 2. The molecule has 3 rings (SSSR count). The fourth-order valence-electron chi connectivity index (χ4n) is 2.50. The van der Waals surface area contributed by atoms with Crippen LogP contribution in [0.3, 0.4) is 0 Å². The van der Waals surface area contributed by atoms with Gasteiger partial charge in [-0.05, 0) is 38.1 Å². The van der Waals surface area contributed by atoms with E-state index in [2.05, 4.69) is 29.3 Å². The van der Waals surface area contributed by atoms with Crippen molar-refractivity contribution in [3.05, 3.63) is 53.2 Å². The van der Waals surface area contributed by atoms with E-state index in [1.54, 1.807) is 13.1 Å². The number of rotatable bonds is 5. The van der Waals surface area contributed by atoms with Gasteiger partial charge in [0.05, 0.1) is 18.3 Å². The average molecular weight is 339 g/mol. The number of anilines is 1. The van der Waals surface area contributed by atoms with Crippen molar-refractivity contribution in [2.24, 2.45) is 0 Å². The Labute approximate surface area is 146 Å². The van der Waals surface area contributed by atoms with Crippen molar-refractivity contribution in [3.8, 4) is 11.5 Å². The summed E-state index contributed by atoms with van der Waals surface area (Å²) in [5.74, 6) is 2.29. The molecule has 6 nitrogen and oxygen atoms in total. The molecular weight excluding hydrogens is 318 g/mol. The van der Waals surface area contributed by atoms with E-state index in [-0.39, 0.29) is 12.3 Å². The lowest BCUT2D eigenvalue weighted by Gasteiger charge is -2.06. The van der Waals surface area contributed by atoms with Crippen LogP contribution in [0.1, 0.15) is 42.5 Å². The molecule has 0 spiro atoms. The fourth-order valence-corrected chi connectivity index (χ4v) is 2.50. The third kappa shape index (κ3) is 3.79. The molecule has 0 atom stereocenters. The maximum absolute atomic E-state index is 12.2. The second-order valence-corrected chi connectivity index (χ2v) is 6.33. The van der Waals surface area contributed by atoms with Gasteiger partial charge in [0.2, 0.25) is 11.8 Å². The molecule has 0 unspecified atom stereocenters. The van der Waals surface area contributed by atoms with E-state index in [0.29, 0.717) is 17.6 Å². The highest BCUT2D eigenvalue weighted by Gasteiger charge is 2.14. The highest BCUT2D eigenvalue weighted by molar-refractivity contribution is 5.92. The summed E-state index contributed by atoms with van der Waals surface area (Å²) >= 11 is 0. The van der Waals surface area contributed by atoms with Gasteiger partial charge in [0, 0.05) is 22.7 Å². The quantitative estimate of drug-likeness (QED) is 0.751. The second-order valence-electron chi connectivity index (χ2n) is 6.33. The van der Waals surface area contributed by atoms with E-state index in [1.165, 1.54) is 0 Å². The molecule has 1 amide bonds. The maximum Gasteiger partial charge on any atom is 0.228 e. The van der Waals surface area contributed by atoms with E-state index in [0.717, 1.165) is 28.3 Å². The van der Waals surface area contributed by atoms with Gasteiger partial charge in [-0.3, -0.25) is 4.79 Å². The minimum absolute atomic E-state index is 0.111. The van der Waals surface area contributed by atoms with Gasteiger partial charge in [-0.2, -0.15) is 0 Å². The molecule has 0 saturated carbocycles. The standard InChI is InChI=1S/C19H21N3O3/c1-11(2)17-10-20-19(24-17)14-5-7-15(8-6-14)21-18(23)9-16-12(3)22-25-13(16)4/h5-8,10-11H,9H2,1-4H3,(H,21,23). The summed E-state index contributed by atoms with van der Waals surface area (Å²) in [4.78, 5) is 16.5. The number of nitrogens with one attached hydrogen (secondary N) is 1. The third-order valence-corrected chi connectivity index (χ3v) is 4.03. The molecule has 6 heteroatoms. The first-order chi connectivity index (χ1) is 11.9. The molecule has 2 aromatic heterocycles. The molecule has 0 saturated heterocycles. The zero-order valence-corrected chi connectivity index (χ0v) is 14.8. The summed E-state index contributed by atoms with van der Waals surface area (Å²) < 4.78 is 10.8. The van der Waals surface area contributed by atoms with Crippen LogP contribution in [0.5, 0.6) is 0 Å². The van der Waals surface area contributed by atoms with Crippen molar-refractivity contribution in [3.63, 3.8) is 0 Å². The first-order valence-electron chi connectivity index (χ1n) is 8.22. The molecule has 0 aliphatic carbocycles. The second kappa shape index (κ2) is 6.93. The summed E-state index contributed by atoms with van der Waals surface area (Å²) in [6, 6.07) is 7.42. The zero-order chi connectivity index (χ0) is 18.0. The highest BCUT2D eigenvalue weighted by atomic mass is 16.5. The largest absolute Gasteiger partial charge is 0.441 e. The van der Waals surface area contributed by atoms with Crippen LogP contribution < -0.4 is 5.32 Å². The number of nitrogens with zero attached hydrogens (tertiary/aromatic N) is 2. The summed E-state index contributed by atoms with van der Waals surface area (Å²) in [6.45, 7) is 7.75. The Morgan fingerprint density at radius 3 is 2.48 bits per heavy atom. The lowest BCUT2D eigenvalue weighted by Crippen LogP contribution is -2.15. The van der Waals surface area contributed by atoms with Gasteiger partial charge in [-0.25, -0.2) is 4.98 Å². The Kier molecular flexibility index (Phi) is 4.70. The number of amides is 1. The number of hydrogen-bond acceptors (Lipinski definition) is 5. The molecule has 0 aliphatic heterocycles. The van der Waals surface area contributed by atoms with Crippen molar-refractivity contribution >= 4 is 11.6 Å². The lowest BCUT2D eigenvalue weighted by molar-refractivity contribution is -0.115. The zero-order valence-electron chi connectivity index (χ0n) is 14.8. The van der Waals surface area contributed by atoms with Crippen LogP contribution in [0.4, 0.5) is 5.69 Å². The minimum atomic E-state index is -0.111. The van der Waals surface area contributed by atoms with Gasteiger partial charge >= 0.3 is 0 Å². The monoisotopic (exact) mass is 339 g/mol. The molecule has 1 aromatic carbocycles. The first-order valence-corrected chi connectivity index (χ1v) is 8.22. The van der Waals surface area contributed by atoms with Crippen LogP contribution in [0.25, 0.3) is 11.5 Å². The van der Waals surface area contributed by atoms with E-state index < -0.39 is 0 Å². The van der Waals surface area contributed by atoms with Crippen LogP contribution in [0.2, 0.25) is 0 Å². The third-order valence-electron chi connectivity index (χ3n) is 4.03. The Balaban J connectivity index is 1.67. The maximum atomic E-state index is 12.2. The van der Waals surface area contributed by atoms with E-state index >= 15 is 0 Å². The van der Waals surface area contributed by atoms with Crippen LogP contribution in [0, 0.1) is 13.8 Å². The number of benzene rings is 1. The van der Waals surface area contributed by atoms with Crippen molar-refractivity contribution < 1.29 is 13.7 Å². The number of carbonyl (C=O) groups is 1. The predicted molar refractivity (Wildman–Crippen MR) is 94.3 cm³/mol. The van der Waals surface area contributed by atoms with Crippen LogP contribution >= 0.6 is 0 Å². The Hall–Kier alpha value is -2.89. The molecule has 2 heterocycles. The van der Waals surface area contributed by atoms with E-state index in [4.69, 9.17) is 8.94 Å².